The van der Waals surface area contributed by atoms with Gasteiger partial charge in [0.25, 0.3) is 11.8 Å². The molecule has 2 saturated heterocycles. The summed E-state index contributed by atoms with van der Waals surface area (Å²) in [6, 6.07) is 15.5. The van der Waals surface area contributed by atoms with E-state index in [0.29, 0.717) is 41.3 Å². The summed E-state index contributed by atoms with van der Waals surface area (Å²) in [6.07, 6.45) is 4.46. The smallest absolute Gasteiger partial charge is 0.259 e. The predicted octanol–water partition coefficient (Wildman–Crippen LogP) is 7.16. The molecule has 2 amide bonds. The van der Waals surface area contributed by atoms with Crippen molar-refractivity contribution in [1.29, 1.82) is 0 Å². The monoisotopic (exact) mass is 680 g/mol. The molecule has 12 heteroatoms. The fourth-order valence-electron chi connectivity index (χ4n) is 6.89. The van der Waals surface area contributed by atoms with E-state index in [4.69, 9.17) is 4.74 Å². The minimum atomic E-state index is -0.407. The number of pyridine rings is 1. The number of aromatic nitrogens is 3. The zero-order chi connectivity index (χ0) is 33.0. The van der Waals surface area contributed by atoms with Crippen LogP contribution in [0, 0.1) is 25.1 Å². The van der Waals surface area contributed by atoms with E-state index in [9.17, 15) is 14.0 Å². The van der Waals surface area contributed by atoms with Crippen molar-refractivity contribution in [3.63, 3.8) is 0 Å². The van der Waals surface area contributed by atoms with Crippen LogP contribution < -0.4 is 15.1 Å². The van der Waals surface area contributed by atoms with Gasteiger partial charge >= 0.3 is 0 Å². The van der Waals surface area contributed by atoms with Crippen LogP contribution >= 0.6 is 22.7 Å². The summed E-state index contributed by atoms with van der Waals surface area (Å²) < 4.78 is 20.2. The normalized spacial score (nSPS) is 16.6. The maximum Gasteiger partial charge on any atom is 0.259 e. The number of nitrogens with one attached hydrogen (secondary N) is 1. The lowest BCUT2D eigenvalue weighted by molar-refractivity contribution is -0.000510. The first kappa shape index (κ1) is 30.8. The van der Waals surface area contributed by atoms with Crippen molar-refractivity contribution in [2.24, 2.45) is 5.41 Å². The van der Waals surface area contributed by atoms with Gasteiger partial charge < -0.3 is 19.9 Å². The Hall–Kier alpha value is -4.52. The molecule has 48 heavy (non-hydrogen) atoms. The average Bonchev–Trinajstić information content (AvgIpc) is 3.67. The lowest BCUT2D eigenvalue weighted by Gasteiger charge is -2.53. The van der Waals surface area contributed by atoms with E-state index < -0.39 is 5.82 Å². The number of ether oxygens (including phenoxy) is 1. The van der Waals surface area contributed by atoms with Crippen LogP contribution in [-0.4, -0.2) is 59.8 Å². The first-order chi connectivity index (χ1) is 23.2. The highest BCUT2D eigenvalue weighted by Crippen LogP contribution is 2.46. The average molecular weight is 681 g/mol. The Kier molecular flexibility index (Phi) is 7.81. The predicted molar refractivity (Wildman–Crippen MR) is 187 cm³/mol. The highest BCUT2D eigenvalue weighted by molar-refractivity contribution is 7.23. The number of hydrogen-bond acceptors (Lipinski definition) is 9. The molecular formula is C36H33FN6O3S2. The zero-order valence-electron chi connectivity index (χ0n) is 26.6. The molecule has 0 bridgehead atoms. The summed E-state index contributed by atoms with van der Waals surface area (Å²) in [7, 11) is 0. The highest BCUT2D eigenvalue weighted by atomic mass is 32.1. The van der Waals surface area contributed by atoms with Gasteiger partial charge in [-0.25, -0.2) is 9.37 Å². The molecule has 0 saturated carbocycles. The molecule has 3 aromatic heterocycles. The van der Waals surface area contributed by atoms with E-state index in [0.717, 1.165) is 75.6 Å². The second kappa shape index (κ2) is 12.2. The summed E-state index contributed by atoms with van der Waals surface area (Å²) in [5.41, 5.74) is 5.12. The van der Waals surface area contributed by atoms with E-state index >= 15 is 0 Å². The Morgan fingerprint density at radius 3 is 2.52 bits per heavy atom. The van der Waals surface area contributed by atoms with Crippen LogP contribution in [-0.2, 0) is 11.2 Å². The third-order valence-electron chi connectivity index (χ3n) is 9.43. The number of aryl methyl sites for hydroxylation is 2. The molecule has 0 radical (unpaired) electrons. The number of rotatable bonds is 5. The number of fused-ring (bicyclic) bond motifs is 3. The molecule has 0 unspecified atom stereocenters. The van der Waals surface area contributed by atoms with Gasteiger partial charge in [-0.3, -0.25) is 9.59 Å². The van der Waals surface area contributed by atoms with Gasteiger partial charge in [-0.2, -0.15) is 0 Å². The summed E-state index contributed by atoms with van der Waals surface area (Å²) >= 11 is 3.13. The lowest BCUT2D eigenvalue weighted by atomic mass is 9.73. The number of carbonyl (C=O) groups excluding carboxylic acids is 2. The van der Waals surface area contributed by atoms with Gasteiger partial charge in [0.15, 0.2) is 5.01 Å². The molecule has 1 spiro atoms. The van der Waals surface area contributed by atoms with Gasteiger partial charge in [-0.1, -0.05) is 11.3 Å². The van der Waals surface area contributed by atoms with E-state index in [1.807, 2.05) is 19.9 Å². The SMILES string of the molecule is Cc1cnc(N2CC3(CCOCC3)C2)c(C(=O)Nc2ccc(C(=O)N3CCc4cc(-c5nnc(C)s5)sc4-c4ccc(F)cc43)cc2)c1. The molecule has 8 rings (SSSR count). The Morgan fingerprint density at radius 2 is 1.77 bits per heavy atom. The molecule has 2 aromatic carbocycles. The van der Waals surface area contributed by atoms with Crippen LogP contribution in [0.4, 0.5) is 21.6 Å². The zero-order valence-corrected chi connectivity index (χ0v) is 28.2. The van der Waals surface area contributed by atoms with Crippen molar-refractivity contribution < 1.29 is 18.7 Å². The molecule has 244 valence electrons. The Balaban J connectivity index is 1.01. The maximum atomic E-state index is 14.6. The molecular weight excluding hydrogens is 648 g/mol. The first-order valence-electron chi connectivity index (χ1n) is 16.0. The van der Waals surface area contributed by atoms with E-state index in [1.54, 1.807) is 52.8 Å². The molecule has 0 aliphatic carbocycles. The van der Waals surface area contributed by atoms with Crippen LogP contribution in [0.1, 0.15) is 49.7 Å². The van der Waals surface area contributed by atoms with E-state index in [1.165, 1.54) is 23.5 Å². The molecule has 3 aliphatic rings. The van der Waals surface area contributed by atoms with Crippen molar-refractivity contribution >= 4 is 51.7 Å². The fourth-order valence-corrected chi connectivity index (χ4v) is 8.87. The van der Waals surface area contributed by atoms with Crippen LogP contribution in [0.3, 0.4) is 0 Å². The van der Waals surface area contributed by atoms with Crippen molar-refractivity contribution in [2.75, 3.05) is 48.0 Å². The highest BCUT2D eigenvalue weighted by Gasteiger charge is 2.45. The minimum absolute atomic E-state index is 0.236. The van der Waals surface area contributed by atoms with Crippen LogP contribution in [0.15, 0.2) is 60.8 Å². The second-order valence-electron chi connectivity index (χ2n) is 12.8. The molecule has 1 N–H and O–H groups in total. The van der Waals surface area contributed by atoms with Gasteiger partial charge in [0.05, 0.1) is 16.1 Å². The summed E-state index contributed by atoms with van der Waals surface area (Å²) in [5.74, 6) is -0.205. The molecule has 3 aliphatic heterocycles. The molecule has 6 heterocycles. The Bertz CT molecular complexity index is 2040. The number of carbonyl (C=O) groups is 2. The quantitative estimate of drug-likeness (QED) is 0.210. The lowest BCUT2D eigenvalue weighted by Crippen LogP contribution is -2.59. The van der Waals surface area contributed by atoms with Crippen molar-refractivity contribution in [2.45, 2.75) is 33.1 Å². The number of hydrogen-bond donors (Lipinski definition) is 1. The Labute approximate surface area is 285 Å². The third kappa shape index (κ3) is 5.67. The van der Waals surface area contributed by atoms with Crippen molar-refractivity contribution in [3.8, 4) is 20.3 Å². The number of thiophene rings is 1. The number of amides is 2. The summed E-state index contributed by atoms with van der Waals surface area (Å²) in [5, 5.41) is 13.2. The fraction of sp³-hybridized carbons (Fsp3) is 0.306. The number of nitrogens with zero attached hydrogens (tertiary/aromatic N) is 5. The number of benzene rings is 2. The Morgan fingerprint density at radius 1 is 0.979 bits per heavy atom. The van der Waals surface area contributed by atoms with E-state index in [2.05, 4.69) is 31.5 Å². The van der Waals surface area contributed by atoms with Crippen molar-refractivity contribution in [1.82, 2.24) is 15.2 Å². The largest absolute Gasteiger partial charge is 0.381 e. The summed E-state index contributed by atoms with van der Waals surface area (Å²) in [4.78, 5) is 38.0. The van der Waals surface area contributed by atoms with Gasteiger partial charge in [-0.15, -0.1) is 21.5 Å². The summed E-state index contributed by atoms with van der Waals surface area (Å²) in [6.45, 7) is 7.54. The molecule has 0 atom stereocenters. The molecule has 9 nitrogen and oxygen atoms in total. The number of anilines is 3. The van der Waals surface area contributed by atoms with Gasteiger partial charge in [0, 0.05) is 66.2 Å². The van der Waals surface area contributed by atoms with Gasteiger partial charge in [0.1, 0.15) is 16.6 Å². The van der Waals surface area contributed by atoms with Crippen LogP contribution in [0.25, 0.3) is 20.3 Å². The van der Waals surface area contributed by atoms with Crippen molar-refractivity contribution in [3.05, 3.63) is 93.9 Å². The first-order valence-corrected chi connectivity index (χ1v) is 17.6. The van der Waals surface area contributed by atoms with Crippen LogP contribution in [0.5, 0.6) is 0 Å². The van der Waals surface area contributed by atoms with E-state index in [-0.39, 0.29) is 17.2 Å². The van der Waals surface area contributed by atoms with Crippen LogP contribution in [0.2, 0.25) is 0 Å². The standard InChI is InChI=1S/C36H33FN6O3S2/c1-21-15-28(32(38-18-21)42-19-36(20-42)10-13-46-14-11-36)33(44)39-26-6-3-23(4-7-26)35(45)43-12-9-24-16-30(34-41-40-22(2)47-34)48-31(24)27-8-5-25(37)17-29(27)43/h3-8,15-18H,9-14,19-20H2,1-2H3,(H,39,44). The topological polar surface area (TPSA) is 101 Å². The number of halogens is 1. The van der Waals surface area contributed by atoms with Gasteiger partial charge in [-0.05, 0) is 98.8 Å². The second-order valence-corrected chi connectivity index (χ2v) is 15.1. The maximum absolute atomic E-state index is 14.6. The molecule has 2 fully saturated rings. The molecule has 5 aromatic rings. The van der Waals surface area contributed by atoms with Gasteiger partial charge in [0.2, 0.25) is 0 Å². The third-order valence-corrected chi connectivity index (χ3v) is 11.7. The minimum Gasteiger partial charge on any atom is -0.381 e.